The first kappa shape index (κ1) is 18.5. The minimum atomic E-state index is -4.66. The van der Waals surface area contributed by atoms with Gasteiger partial charge in [0.2, 0.25) is 0 Å². The van der Waals surface area contributed by atoms with Crippen molar-refractivity contribution in [3.05, 3.63) is 33.9 Å². The Labute approximate surface area is 137 Å². The molecular weight excluding hydrogens is 327 g/mol. The van der Waals surface area contributed by atoms with Crippen molar-refractivity contribution in [1.29, 1.82) is 0 Å². The summed E-state index contributed by atoms with van der Waals surface area (Å²) >= 11 is 0. The second kappa shape index (κ2) is 6.56. The Morgan fingerprint density at radius 3 is 2.25 bits per heavy atom. The molecule has 1 aromatic rings. The summed E-state index contributed by atoms with van der Waals surface area (Å²) in [5.74, 6) is 0. The topological polar surface area (TPSA) is 69.8 Å². The van der Waals surface area contributed by atoms with Crippen LogP contribution in [-0.2, 0) is 6.18 Å². The SMILES string of the molecule is CC(C)(O)CN1CCN(c2ccc([N+](=O)[O-])cc2C(F)(F)F)CC1. The fourth-order valence-corrected chi connectivity index (χ4v) is 2.83. The predicted octanol–water partition coefficient (Wildman–Crippen LogP) is 2.51. The minimum Gasteiger partial charge on any atom is -0.389 e. The van der Waals surface area contributed by atoms with Crippen LogP contribution in [0.1, 0.15) is 19.4 Å². The zero-order valence-corrected chi connectivity index (χ0v) is 13.5. The largest absolute Gasteiger partial charge is 0.418 e. The van der Waals surface area contributed by atoms with Crippen LogP contribution in [0.5, 0.6) is 0 Å². The molecule has 24 heavy (non-hydrogen) atoms. The number of aliphatic hydroxyl groups is 1. The summed E-state index contributed by atoms with van der Waals surface area (Å²) in [4.78, 5) is 13.5. The number of β-amino-alcohol motifs (C(OH)–C–C–N with tert-alkyl or cyclic N) is 1. The van der Waals surface area contributed by atoms with Crippen LogP contribution in [0, 0.1) is 10.1 Å². The highest BCUT2D eigenvalue weighted by molar-refractivity contribution is 5.59. The first-order valence-corrected chi connectivity index (χ1v) is 7.53. The van der Waals surface area contributed by atoms with Crippen LogP contribution in [0.2, 0.25) is 0 Å². The average molecular weight is 347 g/mol. The van der Waals surface area contributed by atoms with Crippen molar-refractivity contribution in [1.82, 2.24) is 4.90 Å². The van der Waals surface area contributed by atoms with E-state index in [1.807, 2.05) is 4.90 Å². The summed E-state index contributed by atoms with van der Waals surface area (Å²) in [6.07, 6.45) is -4.66. The first-order valence-electron chi connectivity index (χ1n) is 7.53. The second-order valence-electron chi connectivity index (χ2n) is 6.53. The van der Waals surface area contributed by atoms with Crippen molar-refractivity contribution in [3.8, 4) is 0 Å². The second-order valence-corrected chi connectivity index (χ2v) is 6.53. The van der Waals surface area contributed by atoms with E-state index in [1.54, 1.807) is 18.7 Å². The van der Waals surface area contributed by atoms with Crippen molar-refractivity contribution in [3.63, 3.8) is 0 Å². The molecule has 134 valence electrons. The molecule has 0 aliphatic carbocycles. The van der Waals surface area contributed by atoms with Gasteiger partial charge in [0.25, 0.3) is 5.69 Å². The number of hydrogen-bond donors (Lipinski definition) is 1. The van der Waals surface area contributed by atoms with Gasteiger partial charge in [-0.15, -0.1) is 0 Å². The number of alkyl halides is 3. The number of anilines is 1. The van der Waals surface area contributed by atoms with Crippen LogP contribution in [0.4, 0.5) is 24.5 Å². The molecule has 1 fully saturated rings. The molecule has 0 saturated carbocycles. The molecule has 0 aromatic heterocycles. The Kier molecular flexibility index (Phi) is 5.05. The van der Waals surface area contributed by atoms with Gasteiger partial charge in [-0.05, 0) is 19.9 Å². The lowest BCUT2D eigenvalue weighted by molar-refractivity contribution is -0.385. The summed E-state index contributed by atoms with van der Waals surface area (Å²) in [7, 11) is 0. The summed E-state index contributed by atoms with van der Waals surface area (Å²) in [6.45, 7) is 5.53. The third-order valence-electron chi connectivity index (χ3n) is 3.82. The monoisotopic (exact) mass is 347 g/mol. The number of hydrogen-bond acceptors (Lipinski definition) is 5. The van der Waals surface area contributed by atoms with Crippen LogP contribution in [-0.4, -0.2) is 53.3 Å². The van der Waals surface area contributed by atoms with Gasteiger partial charge in [-0.25, -0.2) is 0 Å². The summed E-state index contributed by atoms with van der Waals surface area (Å²) < 4.78 is 39.8. The Balaban J connectivity index is 2.19. The van der Waals surface area contributed by atoms with E-state index in [-0.39, 0.29) is 5.69 Å². The number of nitrogens with zero attached hydrogens (tertiary/aromatic N) is 3. The van der Waals surface area contributed by atoms with Crippen molar-refractivity contribution in [2.75, 3.05) is 37.6 Å². The van der Waals surface area contributed by atoms with E-state index < -0.39 is 28.0 Å². The van der Waals surface area contributed by atoms with E-state index in [4.69, 9.17) is 0 Å². The fourth-order valence-electron chi connectivity index (χ4n) is 2.83. The summed E-state index contributed by atoms with van der Waals surface area (Å²) in [5.41, 5.74) is -2.48. The molecule has 0 amide bonds. The molecule has 1 saturated heterocycles. The standard InChI is InChI=1S/C15H20F3N3O3/c1-14(2,22)10-19-5-7-20(8-6-19)13-4-3-11(21(23)24)9-12(13)15(16,17)18/h3-4,9,22H,5-8,10H2,1-2H3. The van der Waals surface area contributed by atoms with Gasteiger partial charge in [0.15, 0.2) is 0 Å². The normalized spacial score (nSPS) is 17.2. The molecule has 0 radical (unpaired) electrons. The molecule has 6 nitrogen and oxygen atoms in total. The van der Waals surface area contributed by atoms with Crippen molar-refractivity contribution >= 4 is 11.4 Å². The Morgan fingerprint density at radius 1 is 1.21 bits per heavy atom. The molecule has 0 bridgehead atoms. The molecule has 1 N–H and O–H groups in total. The van der Waals surface area contributed by atoms with Gasteiger partial charge < -0.3 is 10.0 Å². The van der Waals surface area contributed by atoms with Crippen LogP contribution in [0.3, 0.4) is 0 Å². The Bertz CT molecular complexity index is 606. The molecule has 1 heterocycles. The molecule has 9 heteroatoms. The molecule has 1 aliphatic heterocycles. The van der Waals surface area contributed by atoms with E-state index in [1.165, 1.54) is 0 Å². The number of halogens is 3. The predicted molar refractivity (Wildman–Crippen MR) is 83.0 cm³/mol. The maximum absolute atomic E-state index is 13.3. The number of piperazine rings is 1. The zero-order chi connectivity index (χ0) is 18.1. The molecule has 2 rings (SSSR count). The van der Waals surface area contributed by atoms with E-state index in [2.05, 4.69) is 0 Å². The third-order valence-corrected chi connectivity index (χ3v) is 3.82. The van der Waals surface area contributed by atoms with Crippen LogP contribution < -0.4 is 4.90 Å². The van der Waals surface area contributed by atoms with E-state index in [9.17, 15) is 28.4 Å². The highest BCUT2D eigenvalue weighted by atomic mass is 19.4. The summed E-state index contributed by atoms with van der Waals surface area (Å²) in [5, 5.41) is 20.6. The Morgan fingerprint density at radius 2 is 1.79 bits per heavy atom. The average Bonchev–Trinajstić information content (AvgIpc) is 2.45. The van der Waals surface area contributed by atoms with Crippen LogP contribution in [0.25, 0.3) is 0 Å². The molecule has 0 spiro atoms. The lowest BCUT2D eigenvalue weighted by Crippen LogP contribution is -2.50. The van der Waals surface area contributed by atoms with Gasteiger partial charge >= 0.3 is 6.18 Å². The van der Waals surface area contributed by atoms with Crippen LogP contribution in [0.15, 0.2) is 18.2 Å². The number of rotatable bonds is 4. The Hall–Kier alpha value is -1.87. The third kappa shape index (κ3) is 4.57. The number of benzene rings is 1. The van der Waals surface area contributed by atoms with Gasteiger partial charge in [0, 0.05) is 50.5 Å². The molecular formula is C15H20F3N3O3. The van der Waals surface area contributed by atoms with Gasteiger partial charge in [0.1, 0.15) is 0 Å². The highest BCUT2D eigenvalue weighted by Gasteiger charge is 2.37. The van der Waals surface area contributed by atoms with Gasteiger partial charge in [-0.1, -0.05) is 0 Å². The zero-order valence-electron chi connectivity index (χ0n) is 13.5. The van der Waals surface area contributed by atoms with Gasteiger partial charge in [-0.2, -0.15) is 13.2 Å². The molecule has 1 aliphatic rings. The quantitative estimate of drug-likeness (QED) is 0.669. The smallest absolute Gasteiger partial charge is 0.389 e. The fraction of sp³-hybridized carbons (Fsp3) is 0.600. The number of nitro groups is 1. The lowest BCUT2D eigenvalue weighted by atomic mass is 10.1. The van der Waals surface area contributed by atoms with E-state index in [0.717, 1.165) is 12.1 Å². The summed E-state index contributed by atoms with van der Waals surface area (Å²) in [6, 6.07) is 2.83. The molecule has 1 aromatic carbocycles. The lowest BCUT2D eigenvalue weighted by Gasteiger charge is -2.39. The molecule has 0 atom stereocenters. The van der Waals surface area contributed by atoms with Crippen molar-refractivity contribution < 1.29 is 23.2 Å². The van der Waals surface area contributed by atoms with Crippen molar-refractivity contribution in [2.24, 2.45) is 0 Å². The van der Waals surface area contributed by atoms with Gasteiger partial charge in [0.05, 0.1) is 16.1 Å². The first-order chi connectivity index (χ1) is 11.0. The van der Waals surface area contributed by atoms with E-state index in [0.29, 0.717) is 38.8 Å². The highest BCUT2D eigenvalue weighted by Crippen LogP contribution is 2.39. The minimum absolute atomic E-state index is 0.0454. The van der Waals surface area contributed by atoms with Crippen LogP contribution >= 0.6 is 0 Å². The van der Waals surface area contributed by atoms with Gasteiger partial charge in [-0.3, -0.25) is 15.0 Å². The van der Waals surface area contributed by atoms with E-state index >= 15 is 0 Å². The molecule has 0 unspecified atom stereocenters. The maximum atomic E-state index is 13.3. The number of non-ortho nitro benzene ring substituents is 1. The maximum Gasteiger partial charge on any atom is 0.418 e. The van der Waals surface area contributed by atoms with Crippen molar-refractivity contribution in [2.45, 2.75) is 25.6 Å². The number of nitro benzene ring substituents is 1.